The highest BCUT2D eigenvalue weighted by Gasteiger charge is 2.16. The topological polar surface area (TPSA) is 121 Å². The van der Waals surface area contributed by atoms with Crippen molar-refractivity contribution >= 4 is 17.6 Å². The molecule has 1 heterocycles. The number of carboxylic acid groups (broad SMARTS) is 1. The number of aromatic carboxylic acids is 1. The number of aromatic amines is 1. The van der Waals surface area contributed by atoms with E-state index in [1.807, 2.05) is 0 Å². The monoisotopic (exact) mass is 251 g/mol. The van der Waals surface area contributed by atoms with E-state index in [1.165, 1.54) is 0 Å². The summed E-state index contributed by atoms with van der Waals surface area (Å²) in [6.45, 7) is 0. The van der Waals surface area contributed by atoms with Crippen molar-refractivity contribution in [3.05, 3.63) is 35.4 Å². The fourth-order valence-electron chi connectivity index (χ4n) is 1.24. The molecule has 2 aromatic rings. The van der Waals surface area contributed by atoms with E-state index in [2.05, 4.69) is 25.9 Å². The lowest BCUT2D eigenvalue weighted by molar-refractivity contribution is 0.0698. The number of benzene rings is 1. The van der Waals surface area contributed by atoms with Gasteiger partial charge in [0.25, 0.3) is 11.7 Å². The number of aromatic nitrogens is 4. The number of carbonyl (C=O) groups excluding carboxylic acids is 1. The Morgan fingerprint density at radius 2 is 2.17 bits per heavy atom. The first-order chi connectivity index (χ1) is 8.58. The van der Waals surface area contributed by atoms with Gasteiger partial charge in [0.2, 0.25) is 0 Å². The molecule has 0 aliphatic rings. The minimum Gasteiger partial charge on any atom is -0.478 e. The van der Waals surface area contributed by atoms with Gasteiger partial charge in [-0.2, -0.15) is 5.21 Å². The Kier molecular flexibility index (Phi) is 2.96. The maximum absolute atomic E-state index is 13.0. The molecule has 0 aliphatic carbocycles. The number of carbonyl (C=O) groups is 2. The number of amides is 1. The van der Waals surface area contributed by atoms with E-state index < -0.39 is 17.7 Å². The Labute approximate surface area is 98.8 Å². The van der Waals surface area contributed by atoms with Crippen LogP contribution >= 0.6 is 0 Å². The molecule has 3 N–H and O–H groups in total. The van der Waals surface area contributed by atoms with Gasteiger partial charge in [-0.25, -0.2) is 9.18 Å². The third-order valence-electron chi connectivity index (χ3n) is 2.01. The highest BCUT2D eigenvalue weighted by molar-refractivity contribution is 6.05. The van der Waals surface area contributed by atoms with E-state index in [4.69, 9.17) is 5.11 Å². The van der Waals surface area contributed by atoms with Crippen molar-refractivity contribution < 1.29 is 19.1 Å². The number of hydrogen-bond donors (Lipinski definition) is 3. The molecule has 2 rings (SSSR count). The maximum Gasteiger partial charge on any atom is 0.337 e. The molecular weight excluding hydrogens is 245 g/mol. The Morgan fingerprint density at radius 3 is 2.78 bits per heavy atom. The van der Waals surface area contributed by atoms with E-state index in [-0.39, 0.29) is 17.1 Å². The highest BCUT2D eigenvalue weighted by atomic mass is 19.1. The first kappa shape index (κ1) is 11.6. The molecule has 0 bridgehead atoms. The van der Waals surface area contributed by atoms with Crippen LogP contribution in [0.3, 0.4) is 0 Å². The van der Waals surface area contributed by atoms with E-state index >= 15 is 0 Å². The minimum absolute atomic E-state index is 0.183. The second kappa shape index (κ2) is 4.57. The van der Waals surface area contributed by atoms with Gasteiger partial charge in [0, 0.05) is 0 Å². The van der Waals surface area contributed by atoms with Crippen LogP contribution in [0.2, 0.25) is 0 Å². The molecule has 1 aromatic heterocycles. The average molecular weight is 251 g/mol. The zero-order chi connectivity index (χ0) is 13.1. The molecular formula is C9H6FN5O3. The number of carboxylic acids is 1. The van der Waals surface area contributed by atoms with E-state index in [0.29, 0.717) is 0 Å². The van der Waals surface area contributed by atoms with Gasteiger partial charge in [0.15, 0.2) is 0 Å². The zero-order valence-corrected chi connectivity index (χ0v) is 8.72. The molecule has 0 unspecified atom stereocenters. The number of nitrogens with one attached hydrogen (secondary N) is 2. The molecule has 0 saturated carbocycles. The van der Waals surface area contributed by atoms with Gasteiger partial charge in [-0.3, -0.25) is 4.79 Å². The summed E-state index contributed by atoms with van der Waals surface area (Å²) in [7, 11) is 0. The molecule has 1 amide bonds. The predicted octanol–water partition coefficient (Wildman–Crippen LogP) is 0.289. The van der Waals surface area contributed by atoms with E-state index in [0.717, 1.165) is 18.2 Å². The number of nitrogens with zero attached hydrogens (tertiary/aromatic N) is 3. The van der Waals surface area contributed by atoms with Crippen molar-refractivity contribution in [1.29, 1.82) is 0 Å². The molecule has 0 spiro atoms. The number of tetrazole rings is 1. The predicted molar refractivity (Wildman–Crippen MR) is 55.5 cm³/mol. The Balaban J connectivity index is 2.31. The van der Waals surface area contributed by atoms with Gasteiger partial charge in [0.05, 0.1) is 11.3 Å². The molecule has 92 valence electrons. The second-order valence-electron chi connectivity index (χ2n) is 3.18. The highest BCUT2D eigenvalue weighted by Crippen LogP contribution is 2.17. The molecule has 0 atom stereocenters. The summed E-state index contributed by atoms with van der Waals surface area (Å²) >= 11 is 0. The lowest BCUT2D eigenvalue weighted by Gasteiger charge is -2.06. The van der Waals surface area contributed by atoms with Crippen LogP contribution < -0.4 is 5.32 Å². The Bertz CT molecular complexity index is 598. The average Bonchev–Trinajstić information content (AvgIpc) is 2.81. The van der Waals surface area contributed by atoms with Crippen LogP contribution in [0.4, 0.5) is 10.1 Å². The molecule has 0 saturated heterocycles. The summed E-state index contributed by atoms with van der Waals surface area (Å²) in [5.41, 5.74) is -0.425. The normalized spacial score (nSPS) is 10.1. The molecule has 0 aliphatic heterocycles. The fraction of sp³-hybridized carbons (Fsp3) is 0. The summed E-state index contributed by atoms with van der Waals surface area (Å²) in [6.07, 6.45) is 0. The van der Waals surface area contributed by atoms with Crippen molar-refractivity contribution in [2.75, 3.05) is 5.32 Å². The SMILES string of the molecule is O=C(Nc1cc(F)ccc1C(=O)O)c1nn[nH]n1. The Morgan fingerprint density at radius 1 is 1.39 bits per heavy atom. The van der Waals surface area contributed by atoms with Crippen molar-refractivity contribution in [2.45, 2.75) is 0 Å². The van der Waals surface area contributed by atoms with E-state index in [1.54, 1.807) is 0 Å². The van der Waals surface area contributed by atoms with Gasteiger partial charge in [-0.15, -0.1) is 10.2 Å². The molecule has 0 radical (unpaired) electrons. The number of anilines is 1. The molecule has 0 fully saturated rings. The number of H-pyrrole nitrogens is 1. The van der Waals surface area contributed by atoms with Crippen LogP contribution in [0.5, 0.6) is 0 Å². The number of halogens is 1. The molecule has 1 aromatic carbocycles. The lowest BCUT2D eigenvalue weighted by atomic mass is 10.1. The van der Waals surface area contributed by atoms with E-state index in [9.17, 15) is 14.0 Å². The lowest BCUT2D eigenvalue weighted by Crippen LogP contribution is -2.16. The van der Waals surface area contributed by atoms with Crippen molar-refractivity contribution in [3.8, 4) is 0 Å². The van der Waals surface area contributed by atoms with Crippen molar-refractivity contribution in [1.82, 2.24) is 20.6 Å². The van der Waals surface area contributed by atoms with Gasteiger partial charge < -0.3 is 10.4 Å². The summed E-state index contributed by atoms with van der Waals surface area (Å²) < 4.78 is 13.0. The quantitative estimate of drug-likeness (QED) is 0.720. The third kappa shape index (κ3) is 2.29. The third-order valence-corrected chi connectivity index (χ3v) is 2.01. The summed E-state index contributed by atoms with van der Waals surface area (Å²) in [5, 5.41) is 23.1. The van der Waals surface area contributed by atoms with Crippen LogP contribution in [0, 0.1) is 5.82 Å². The minimum atomic E-state index is -1.29. The van der Waals surface area contributed by atoms with Crippen molar-refractivity contribution in [3.63, 3.8) is 0 Å². The standard InChI is InChI=1S/C9H6FN5O3/c10-4-1-2-5(9(17)18)6(3-4)11-8(16)7-12-14-15-13-7/h1-3H,(H,11,16)(H,17,18)(H,12,13,14,15). The fourth-order valence-corrected chi connectivity index (χ4v) is 1.24. The molecule has 18 heavy (non-hydrogen) atoms. The first-order valence-electron chi connectivity index (χ1n) is 4.65. The number of hydrogen-bond acceptors (Lipinski definition) is 5. The van der Waals surface area contributed by atoms with Crippen LogP contribution in [-0.4, -0.2) is 37.6 Å². The largest absolute Gasteiger partial charge is 0.478 e. The molecule has 8 nitrogen and oxygen atoms in total. The summed E-state index contributed by atoms with van der Waals surface area (Å²) in [4.78, 5) is 22.4. The molecule has 9 heteroatoms. The van der Waals surface area contributed by atoms with Gasteiger partial charge in [-0.1, -0.05) is 0 Å². The first-order valence-corrected chi connectivity index (χ1v) is 4.65. The van der Waals surface area contributed by atoms with Gasteiger partial charge in [-0.05, 0) is 23.4 Å². The maximum atomic E-state index is 13.0. The van der Waals surface area contributed by atoms with Crippen LogP contribution in [0.1, 0.15) is 21.0 Å². The number of rotatable bonds is 3. The Hall–Kier alpha value is -2.84. The zero-order valence-electron chi connectivity index (χ0n) is 8.72. The van der Waals surface area contributed by atoms with Crippen molar-refractivity contribution in [2.24, 2.45) is 0 Å². The smallest absolute Gasteiger partial charge is 0.337 e. The van der Waals surface area contributed by atoms with Gasteiger partial charge >= 0.3 is 5.97 Å². The summed E-state index contributed by atoms with van der Waals surface area (Å²) in [6, 6.07) is 2.92. The van der Waals surface area contributed by atoms with Crippen LogP contribution in [-0.2, 0) is 0 Å². The van der Waals surface area contributed by atoms with Crippen LogP contribution in [0.25, 0.3) is 0 Å². The van der Waals surface area contributed by atoms with Gasteiger partial charge in [0.1, 0.15) is 5.82 Å². The second-order valence-corrected chi connectivity index (χ2v) is 3.18. The van der Waals surface area contributed by atoms with Crippen LogP contribution in [0.15, 0.2) is 18.2 Å². The summed E-state index contributed by atoms with van der Waals surface area (Å²) in [5.74, 6) is -3.05.